The van der Waals surface area contributed by atoms with E-state index in [1.807, 2.05) is 25.1 Å². The standard InChI is InChI=1S/C14H18ClN3O2/c1-14(2,13(19)20)18-11-6-5-9(15)7-10(11)16-12(18)8-17(3)4/h5-7H,8H2,1-4H3,(H,19,20). The van der Waals surface area contributed by atoms with Crippen LogP contribution in [0.2, 0.25) is 5.02 Å². The van der Waals surface area contributed by atoms with E-state index in [0.29, 0.717) is 22.9 Å². The number of aliphatic carboxylic acids is 1. The largest absolute Gasteiger partial charge is 0.480 e. The van der Waals surface area contributed by atoms with Gasteiger partial charge in [-0.05, 0) is 46.1 Å². The zero-order valence-corrected chi connectivity index (χ0v) is 12.8. The van der Waals surface area contributed by atoms with Crippen LogP contribution in [-0.4, -0.2) is 39.6 Å². The van der Waals surface area contributed by atoms with Gasteiger partial charge in [0.25, 0.3) is 0 Å². The number of carboxylic acids is 1. The summed E-state index contributed by atoms with van der Waals surface area (Å²) in [6, 6.07) is 5.32. The molecule has 0 aliphatic heterocycles. The van der Waals surface area contributed by atoms with E-state index in [0.717, 1.165) is 5.52 Å². The first-order valence-corrected chi connectivity index (χ1v) is 6.66. The molecule has 0 aliphatic rings. The summed E-state index contributed by atoms with van der Waals surface area (Å²) >= 11 is 5.99. The average Bonchev–Trinajstić information content (AvgIpc) is 2.64. The van der Waals surface area contributed by atoms with Crippen LogP contribution in [0.15, 0.2) is 18.2 Å². The number of imidazole rings is 1. The summed E-state index contributed by atoms with van der Waals surface area (Å²) in [6.45, 7) is 3.90. The van der Waals surface area contributed by atoms with Gasteiger partial charge in [-0.15, -0.1) is 0 Å². The predicted molar refractivity (Wildman–Crippen MR) is 79.1 cm³/mol. The van der Waals surface area contributed by atoms with Crippen molar-refractivity contribution >= 4 is 28.6 Å². The minimum Gasteiger partial charge on any atom is -0.480 e. The lowest BCUT2D eigenvalue weighted by atomic mass is 10.1. The number of fused-ring (bicyclic) bond motifs is 1. The topological polar surface area (TPSA) is 58.4 Å². The quantitative estimate of drug-likeness (QED) is 0.942. The van der Waals surface area contributed by atoms with E-state index in [1.165, 1.54) is 0 Å². The van der Waals surface area contributed by atoms with E-state index < -0.39 is 11.5 Å². The summed E-state index contributed by atoms with van der Waals surface area (Å²) in [5.41, 5.74) is 0.413. The first-order chi connectivity index (χ1) is 9.23. The number of halogens is 1. The minimum absolute atomic E-state index is 0.559. The molecule has 5 nitrogen and oxygen atoms in total. The number of nitrogens with zero attached hydrogens (tertiary/aromatic N) is 3. The number of carbonyl (C=O) groups is 1. The third-order valence-electron chi connectivity index (χ3n) is 3.23. The van der Waals surface area contributed by atoms with Crippen LogP contribution in [-0.2, 0) is 16.9 Å². The fourth-order valence-electron chi connectivity index (χ4n) is 2.21. The van der Waals surface area contributed by atoms with Gasteiger partial charge in [-0.3, -0.25) is 0 Å². The van der Waals surface area contributed by atoms with Crippen LogP contribution in [0, 0.1) is 0 Å². The summed E-state index contributed by atoms with van der Waals surface area (Å²) in [5.74, 6) is -0.188. The van der Waals surface area contributed by atoms with Crippen molar-refractivity contribution in [1.29, 1.82) is 0 Å². The van der Waals surface area contributed by atoms with Gasteiger partial charge in [0.15, 0.2) is 0 Å². The minimum atomic E-state index is -1.08. The molecular formula is C14H18ClN3O2. The number of hydrogen-bond acceptors (Lipinski definition) is 3. The number of rotatable bonds is 4. The lowest BCUT2D eigenvalue weighted by Crippen LogP contribution is -2.37. The lowest BCUT2D eigenvalue weighted by Gasteiger charge is -2.25. The molecule has 6 heteroatoms. The van der Waals surface area contributed by atoms with Gasteiger partial charge in [-0.25, -0.2) is 9.78 Å². The maximum atomic E-state index is 11.6. The van der Waals surface area contributed by atoms with Crippen LogP contribution in [0.5, 0.6) is 0 Å². The molecule has 2 rings (SSSR count). The van der Waals surface area contributed by atoms with E-state index in [4.69, 9.17) is 11.6 Å². The highest BCUT2D eigenvalue weighted by atomic mass is 35.5. The van der Waals surface area contributed by atoms with Gasteiger partial charge in [0, 0.05) is 5.02 Å². The highest BCUT2D eigenvalue weighted by molar-refractivity contribution is 6.31. The SMILES string of the molecule is CN(C)Cc1nc2cc(Cl)ccc2n1C(C)(C)C(=O)O. The molecule has 0 spiro atoms. The third kappa shape index (κ3) is 2.51. The summed E-state index contributed by atoms with van der Waals surface area (Å²) in [7, 11) is 3.84. The Hall–Kier alpha value is -1.59. The first-order valence-electron chi connectivity index (χ1n) is 6.29. The Morgan fingerprint density at radius 1 is 1.45 bits per heavy atom. The molecule has 0 radical (unpaired) electrons. The predicted octanol–water partition coefficient (Wildman–Crippen LogP) is 2.57. The van der Waals surface area contributed by atoms with E-state index >= 15 is 0 Å². The number of carboxylic acid groups (broad SMARTS) is 1. The number of benzene rings is 1. The fourth-order valence-corrected chi connectivity index (χ4v) is 2.38. The van der Waals surface area contributed by atoms with Crippen molar-refractivity contribution in [3.63, 3.8) is 0 Å². The van der Waals surface area contributed by atoms with Gasteiger partial charge < -0.3 is 14.6 Å². The second-order valence-corrected chi connectivity index (χ2v) is 6.03. The zero-order valence-electron chi connectivity index (χ0n) is 12.0. The molecule has 0 unspecified atom stereocenters. The van der Waals surface area contributed by atoms with Crippen molar-refractivity contribution in [1.82, 2.24) is 14.5 Å². The molecule has 2 aromatic rings. The van der Waals surface area contributed by atoms with Crippen molar-refractivity contribution in [3.8, 4) is 0 Å². The Morgan fingerprint density at radius 2 is 2.10 bits per heavy atom. The Labute approximate surface area is 122 Å². The number of aromatic nitrogens is 2. The molecule has 1 aromatic carbocycles. The molecule has 0 amide bonds. The summed E-state index contributed by atoms with van der Waals surface area (Å²) in [4.78, 5) is 18.1. The van der Waals surface area contributed by atoms with Crippen molar-refractivity contribution in [2.24, 2.45) is 0 Å². The smallest absolute Gasteiger partial charge is 0.329 e. The van der Waals surface area contributed by atoms with Crippen LogP contribution in [0.25, 0.3) is 11.0 Å². The summed E-state index contributed by atoms with van der Waals surface area (Å²) in [6.07, 6.45) is 0. The summed E-state index contributed by atoms with van der Waals surface area (Å²) in [5, 5.41) is 10.1. The van der Waals surface area contributed by atoms with Crippen LogP contribution in [0.1, 0.15) is 19.7 Å². The van der Waals surface area contributed by atoms with E-state index in [9.17, 15) is 9.90 Å². The molecule has 1 N–H and O–H groups in total. The molecule has 0 saturated carbocycles. The van der Waals surface area contributed by atoms with E-state index in [2.05, 4.69) is 4.98 Å². The Bertz CT molecular complexity index is 662. The maximum absolute atomic E-state index is 11.6. The van der Waals surface area contributed by atoms with Crippen molar-refractivity contribution in [2.45, 2.75) is 25.9 Å². The van der Waals surface area contributed by atoms with Crippen molar-refractivity contribution in [3.05, 3.63) is 29.0 Å². The monoisotopic (exact) mass is 295 g/mol. The normalized spacial score (nSPS) is 12.3. The Balaban J connectivity index is 2.74. The Morgan fingerprint density at radius 3 is 2.65 bits per heavy atom. The molecule has 1 aromatic heterocycles. The molecule has 1 heterocycles. The van der Waals surface area contributed by atoms with Crippen LogP contribution in [0.3, 0.4) is 0 Å². The van der Waals surface area contributed by atoms with Crippen molar-refractivity contribution in [2.75, 3.05) is 14.1 Å². The van der Waals surface area contributed by atoms with Gasteiger partial charge in [-0.1, -0.05) is 11.6 Å². The highest BCUT2D eigenvalue weighted by Gasteiger charge is 2.33. The molecule has 0 bridgehead atoms. The number of hydrogen-bond donors (Lipinski definition) is 1. The highest BCUT2D eigenvalue weighted by Crippen LogP contribution is 2.28. The van der Waals surface area contributed by atoms with Crippen LogP contribution < -0.4 is 0 Å². The molecule has 0 fully saturated rings. The summed E-state index contributed by atoms with van der Waals surface area (Å²) < 4.78 is 1.76. The molecule has 0 aliphatic carbocycles. The molecule has 0 saturated heterocycles. The average molecular weight is 296 g/mol. The Kier molecular flexibility index (Phi) is 3.75. The van der Waals surface area contributed by atoms with Gasteiger partial charge in [0.05, 0.1) is 17.6 Å². The maximum Gasteiger partial charge on any atom is 0.329 e. The fraction of sp³-hybridized carbons (Fsp3) is 0.429. The lowest BCUT2D eigenvalue weighted by molar-refractivity contribution is -0.145. The van der Waals surface area contributed by atoms with Crippen LogP contribution >= 0.6 is 11.6 Å². The molecule has 0 atom stereocenters. The van der Waals surface area contributed by atoms with Gasteiger partial charge >= 0.3 is 5.97 Å². The van der Waals surface area contributed by atoms with Crippen molar-refractivity contribution < 1.29 is 9.90 Å². The van der Waals surface area contributed by atoms with Crippen LogP contribution in [0.4, 0.5) is 0 Å². The molecule has 108 valence electrons. The van der Waals surface area contributed by atoms with Gasteiger partial charge in [0.2, 0.25) is 0 Å². The zero-order chi connectivity index (χ0) is 15.1. The first kappa shape index (κ1) is 14.8. The second-order valence-electron chi connectivity index (χ2n) is 5.60. The molecule has 20 heavy (non-hydrogen) atoms. The van der Waals surface area contributed by atoms with Gasteiger partial charge in [0.1, 0.15) is 11.4 Å². The van der Waals surface area contributed by atoms with E-state index in [1.54, 1.807) is 30.5 Å². The second kappa shape index (κ2) is 5.07. The van der Waals surface area contributed by atoms with E-state index in [-0.39, 0.29) is 0 Å². The van der Waals surface area contributed by atoms with Gasteiger partial charge in [-0.2, -0.15) is 0 Å². The molecular weight excluding hydrogens is 278 g/mol. The third-order valence-corrected chi connectivity index (χ3v) is 3.46.